The van der Waals surface area contributed by atoms with E-state index in [2.05, 4.69) is 50.2 Å². The Bertz CT molecular complexity index is 430. The van der Waals surface area contributed by atoms with Crippen LogP contribution in [0, 0.1) is 13.8 Å². The molecule has 0 bridgehead atoms. The van der Waals surface area contributed by atoms with Crippen LogP contribution < -0.4 is 10.6 Å². The Hall–Kier alpha value is -1.35. The molecule has 0 aromatic carbocycles. The summed E-state index contributed by atoms with van der Waals surface area (Å²) in [6.45, 7) is 15.8. The fourth-order valence-electron chi connectivity index (χ4n) is 2.13. The molecule has 0 aliphatic heterocycles. The van der Waals surface area contributed by atoms with E-state index in [-0.39, 0.29) is 5.54 Å². The molecule has 100 valence electrons. The normalized spacial score (nSPS) is 11.4. The number of anilines is 1. The lowest BCUT2D eigenvalue weighted by Gasteiger charge is -2.37. The first-order valence-electron chi connectivity index (χ1n) is 6.37. The summed E-state index contributed by atoms with van der Waals surface area (Å²) in [5.41, 5.74) is 9.23. The molecule has 0 saturated heterocycles. The highest BCUT2D eigenvalue weighted by Gasteiger charge is 2.24. The zero-order chi connectivity index (χ0) is 13.9. The zero-order valence-electron chi connectivity index (χ0n) is 12.2. The molecular formula is C15H25N3. The molecule has 18 heavy (non-hydrogen) atoms. The van der Waals surface area contributed by atoms with E-state index >= 15 is 0 Å². The molecule has 1 rings (SSSR count). The Morgan fingerprint density at radius 3 is 2.44 bits per heavy atom. The maximum absolute atomic E-state index is 5.89. The van der Waals surface area contributed by atoms with Crippen LogP contribution in [-0.2, 0) is 6.54 Å². The van der Waals surface area contributed by atoms with Gasteiger partial charge in [-0.3, -0.25) is 0 Å². The predicted octanol–water partition coefficient (Wildman–Crippen LogP) is 2.95. The lowest BCUT2D eigenvalue weighted by atomic mass is 10.0. The van der Waals surface area contributed by atoms with E-state index in [0.717, 1.165) is 23.6 Å². The number of rotatable bonds is 4. The monoisotopic (exact) mass is 247 g/mol. The summed E-state index contributed by atoms with van der Waals surface area (Å²) in [5, 5.41) is 0. The quantitative estimate of drug-likeness (QED) is 0.832. The summed E-state index contributed by atoms with van der Waals surface area (Å²) in [4.78, 5) is 6.94. The Morgan fingerprint density at radius 2 is 2.00 bits per heavy atom. The van der Waals surface area contributed by atoms with E-state index in [9.17, 15) is 0 Å². The average molecular weight is 247 g/mol. The van der Waals surface area contributed by atoms with Gasteiger partial charge in [0.25, 0.3) is 0 Å². The topological polar surface area (TPSA) is 42.2 Å². The van der Waals surface area contributed by atoms with Crippen LogP contribution in [0.15, 0.2) is 18.7 Å². The minimum atomic E-state index is -0.00859. The van der Waals surface area contributed by atoms with Crippen LogP contribution >= 0.6 is 0 Å². The van der Waals surface area contributed by atoms with E-state index in [4.69, 9.17) is 5.73 Å². The highest BCUT2D eigenvalue weighted by Crippen LogP contribution is 2.27. The summed E-state index contributed by atoms with van der Waals surface area (Å²) >= 11 is 0. The minimum Gasteiger partial charge on any atom is -0.348 e. The van der Waals surface area contributed by atoms with Gasteiger partial charge in [0.05, 0.1) is 0 Å². The third-order valence-electron chi connectivity index (χ3n) is 3.03. The largest absolute Gasteiger partial charge is 0.348 e. The van der Waals surface area contributed by atoms with Crippen molar-refractivity contribution in [3.63, 3.8) is 0 Å². The van der Waals surface area contributed by atoms with Crippen molar-refractivity contribution in [2.75, 3.05) is 11.4 Å². The molecule has 2 N–H and O–H groups in total. The molecule has 0 radical (unpaired) electrons. The molecular weight excluding hydrogens is 222 g/mol. The molecule has 0 amide bonds. The van der Waals surface area contributed by atoms with Gasteiger partial charge in [-0.05, 0) is 46.2 Å². The Labute approximate surface area is 111 Å². The van der Waals surface area contributed by atoms with E-state index in [1.807, 2.05) is 13.0 Å². The van der Waals surface area contributed by atoms with Crippen molar-refractivity contribution < 1.29 is 0 Å². The molecule has 1 heterocycles. The molecule has 1 aromatic heterocycles. The predicted molar refractivity (Wildman–Crippen MR) is 78.9 cm³/mol. The maximum atomic E-state index is 5.89. The van der Waals surface area contributed by atoms with Gasteiger partial charge in [-0.15, -0.1) is 6.58 Å². The van der Waals surface area contributed by atoms with Gasteiger partial charge < -0.3 is 10.6 Å². The Balaban J connectivity index is 3.39. The van der Waals surface area contributed by atoms with Crippen molar-refractivity contribution in [2.45, 2.75) is 46.7 Å². The molecule has 0 fully saturated rings. The van der Waals surface area contributed by atoms with Crippen LogP contribution in [-0.4, -0.2) is 17.1 Å². The molecule has 0 saturated carbocycles. The molecule has 0 spiro atoms. The maximum Gasteiger partial charge on any atom is 0.134 e. The van der Waals surface area contributed by atoms with Gasteiger partial charge in [0.2, 0.25) is 0 Å². The summed E-state index contributed by atoms with van der Waals surface area (Å²) in [6, 6.07) is 2.08. The number of aryl methyl sites for hydroxylation is 2. The Kier molecular flexibility index (Phi) is 4.52. The zero-order valence-corrected chi connectivity index (χ0v) is 12.2. The average Bonchev–Trinajstić information content (AvgIpc) is 2.23. The van der Waals surface area contributed by atoms with Crippen molar-refractivity contribution in [3.8, 4) is 0 Å². The van der Waals surface area contributed by atoms with Crippen LogP contribution in [0.2, 0.25) is 0 Å². The summed E-state index contributed by atoms with van der Waals surface area (Å²) in [7, 11) is 0. The standard InChI is InChI=1S/C15H25N3/c1-7-8-18(15(4,5)6)14-13(10-16)11(2)9-12(3)17-14/h7,9H,1,8,10,16H2,2-6H3. The van der Waals surface area contributed by atoms with Crippen molar-refractivity contribution in [1.82, 2.24) is 4.98 Å². The summed E-state index contributed by atoms with van der Waals surface area (Å²) < 4.78 is 0. The van der Waals surface area contributed by atoms with E-state index < -0.39 is 0 Å². The minimum absolute atomic E-state index is 0.00859. The van der Waals surface area contributed by atoms with Gasteiger partial charge in [0, 0.05) is 29.9 Å². The number of nitrogens with two attached hydrogens (primary N) is 1. The first kappa shape index (κ1) is 14.7. The lowest BCUT2D eigenvalue weighted by Crippen LogP contribution is -2.43. The number of hydrogen-bond donors (Lipinski definition) is 1. The third kappa shape index (κ3) is 3.10. The second-order valence-corrected chi connectivity index (χ2v) is 5.66. The van der Waals surface area contributed by atoms with Crippen molar-refractivity contribution in [2.24, 2.45) is 5.73 Å². The summed E-state index contributed by atoms with van der Waals surface area (Å²) in [5.74, 6) is 0.988. The number of nitrogens with zero attached hydrogens (tertiary/aromatic N) is 2. The fraction of sp³-hybridized carbons (Fsp3) is 0.533. The van der Waals surface area contributed by atoms with Gasteiger partial charge in [-0.2, -0.15) is 0 Å². The highest BCUT2D eigenvalue weighted by molar-refractivity contribution is 5.53. The van der Waals surface area contributed by atoms with Crippen molar-refractivity contribution in [1.29, 1.82) is 0 Å². The van der Waals surface area contributed by atoms with E-state index in [0.29, 0.717) is 6.54 Å². The van der Waals surface area contributed by atoms with Gasteiger partial charge in [-0.25, -0.2) is 4.98 Å². The molecule has 0 unspecified atom stereocenters. The van der Waals surface area contributed by atoms with Crippen molar-refractivity contribution in [3.05, 3.63) is 35.5 Å². The molecule has 0 atom stereocenters. The van der Waals surface area contributed by atoms with Gasteiger partial charge in [0.15, 0.2) is 0 Å². The first-order valence-corrected chi connectivity index (χ1v) is 6.37. The third-order valence-corrected chi connectivity index (χ3v) is 3.03. The smallest absolute Gasteiger partial charge is 0.134 e. The number of aromatic nitrogens is 1. The molecule has 3 heteroatoms. The Morgan fingerprint density at radius 1 is 1.39 bits per heavy atom. The molecule has 3 nitrogen and oxygen atoms in total. The van der Waals surface area contributed by atoms with Crippen LogP contribution in [0.25, 0.3) is 0 Å². The van der Waals surface area contributed by atoms with Crippen LogP contribution in [0.1, 0.15) is 37.6 Å². The first-order chi connectivity index (χ1) is 8.31. The van der Waals surface area contributed by atoms with Gasteiger partial charge in [-0.1, -0.05) is 6.08 Å². The van der Waals surface area contributed by atoms with Crippen LogP contribution in [0.3, 0.4) is 0 Å². The molecule has 0 aliphatic carbocycles. The second-order valence-electron chi connectivity index (χ2n) is 5.66. The lowest BCUT2D eigenvalue weighted by molar-refractivity contribution is 0.515. The highest BCUT2D eigenvalue weighted by atomic mass is 15.2. The second kappa shape index (κ2) is 5.53. The van der Waals surface area contributed by atoms with Crippen molar-refractivity contribution >= 4 is 5.82 Å². The van der Waals surface area contributed by atoms with E-state index in [1.54, 1.807) is 0 Å². The van der Waals surface area contributed by atoms with E-state index in [1.165, 1.54) is 5.56 Å². The SMILES string of the molecule is C=CCN(c1nc(C)cc(C)c1CN)C(C)(C)C. The molecule has 0 aliphatic rings. The van der Waals surface area contributed by atoms with Crippen LogP contribution in [0.5, 0.6) is 0 Å². The number of hydrogen-bond acceptors (Lipinski definition) is 3. The van der Waals surface area contributed by atoms with Gasteiger partial charge in [0.1, 0.15) is 5.82 Å². The van der Waals surface area contributed by atoms with Crippen LogP contribution in [0.4, 0.5) is 5.82 Å². The summed E-state index contributed by atoms with van der Waals surface area (Å²) in [6.07, 6.45) is 1.91. The van der Waals surface area contributed by atoms with Gasteiger partial charge >= 0.3 is 0 Å². The molecule has 1 aromatic rings. The number of pyridine rings is 1. The fourth-order valence-corrected chi connectivity index (χ4v) is 2.13.